The average Bonchev–Trinajstić information content (AvgIpc) is 3.25. The van der Waals surface area contributed by atoms with Crippen molar-refractivity contribution < 1.29 is 24.5 Å². The molecule has 0 saturated heterocycles. The number of esters is 1. The van der Waals surface area contributed by atoms with Crippen molar-refractivity contribution in [3.8, 4) is 0 Å². The van der Waals surface area contributed by atoms with Gasteiger partial charge in [-0.05, 0) is 51.4 Å². The number of rotatable bonds is 49. The summed E-state index contributed by atoms with van der Waals surface area (Å²) in [5, 5.41) is 23.8. The van der Waals surface area contributed by atoms with E-state index in [9.17, 15) is 19.8 Å². The second kappa shape index (κ2) is 49.4. The van der Waals surface area contributed by atoms with Gasteiger partial charge in [-0.15, -0.1) is 0 Å². The van der Waals surface area contributed by atoms with Crippen LogP contribution in [0, 0.1) is 0 Å². The summed E-state index contributed by atoms with van der Waals surface area (Å²) in [6.45, 7) is 6.41. The van der Waals surface area contributed by atoms with E-state index in [1.807, 2.05) is 0 Å². The lowest BCUT2D eigenvalue weighted by molar-refractivity contribution is -0.151. The molecule has 6 heteroatoms. The highest BCUT2D eigenvalue weighted by atomic mass is 16.5. The predicted molar refractivity (Wildman–Crippen MR) is 264 cm³/mol. The molecular formula is C55H105NO5. The first-order valence-electron chi connectivity index (χ1n) is 27.1. The van der Waals surface area contributed by atoms with Crippen LogP contribution in [0.15, 0.2) is 24.3 Å². The summed E-state index contributed by atoms with van der Waals surface area (Å²) in [5.74, 6) is -0.467. The fourth-order valence-electron chi connectivity index (χ4n) is 8.47. The molecule has 0 fully saturated rings. The first-order valence-corrected chi connectivity index (χ1v) is 27.1. The molecule has 0 radical (unpaired) electrons. The van der Waals surface area contributed by atoms with Gasteiger partial charge in [-0.1, -0.05) is 251 Å². The molecule has 61 heavy (non-hydrogen) atoms. The molecule has 0 aromatic carbocycles. The van der Waals surface area contributed by atoms with Crippen LogP contribution >= 0.6 is 0 Å². The third kappa shape index (κ3) is 44.7. The van der Waals surface area contributed by atoms with Gasteiger partial charge in [0.2, 0.25) is 5.91 Å². The summed E-state index contributed by atoms with van der Waals surface area (Å²) in [6.07, 6.45) is 56.7. The quantitative estimate of drug-likeness (QED) is 0.0322. The molecule has 3 atom stereocenters. The lowest BCUT2D eigenvalue weighted by Crippen LogP contribution is -2.46. The minimum atomic E-state index is -0.784. The van der Waals surface area contributed by atoms with Gasteiger partial charge < -0.3 is 20.3 Å². The SMILES string of the molecule is CC/C=C/C/C=C/CCCCCCCCCC(=O)OC(CCCCCCCCCCCCCCC)CC(=O)NC(CO)C(O)CCCCCCCCCCCCCCCCC. The molecule has 0 saturated carbocycles. The number of allylic oxidation sites excluding steroid dienone is 4. The molecule has 0 bridgehead atoms. The lowest BCUT2D eigenvalue weighted by Gasteiger charge is -2.24. The Labute approximate surface area is 380 Å². The summed E-state index contributed by atoms with van der Waals surface area (Å²) in [7, 11) is 0. The van der Waals surface area contributed by atoms with Gasteiger partial charge in [-0.2, -0.15) is 0 Å². The van der Waals surface area contributed by atoms with Crippen LogP contribution in [0.2, 0.25) is 0 Å². The molecule has 1 amide bonds. The highest BCUT2D eigenvalue weighted by Gasteiger charge is 2.24. The van der Waals surface area contributed by atoms with Crippen LogP contribution in [-0.4, -0.2) is 46.9 Å². The maximum Gasteiger partial charge on any atom is 0.306 e. The topological polar surface area (TPSA) is 95.9 Å². The summed E-state index contributed by atoms with van der Waals surface area (Å²) in [5.41, 5.74) is 0. The van der Waals surface area contributed by atoms with E-state index in [4.69, 9.17) is 4.74 Å². The largest absolute Gasteiger partial charge is 0.462 e. The van der Waals surface area contributed by atoms with Gasteiger partial charge in [0.25, 0.3) is 0 Å². The van der Waals surface area contributed by atoms with Crippen LogP contribution in [0.5, 0.6) is 0 Å². The number of aliphatic hydroxyl groups excluding tert-OH is 2. The number of hydrogen-bond donors (Lipinski definition) is 3. The number of carbonyl (C=O) groups is 2. The van der Waals surface area contributed by atoms with E-state index < -0.39 is 18.2 Å². The Bertz CT molecular complexity index is 966. The van der Waals surface area contributed by atoms with E-state index in [0.717, 1.165) is 64.2 Å². The lowest BCUT2D eigenvalue weighted by atomic mass is 10.0. The molecule has 0 aliphatic rings. The van der Waals surface area contributed by atoms with Crippen LogP contribution < -0.4 is 5.32 Å². The van der Waals surface area contributed by atoms with Crippen molar-refractivity contribution >= 4 is 11.9 Å². The van der Waals surface area contributed by atoms with Crippen LogP contribution in [-0.2, 0) is 14.3 Å². The van der Waals surface area contributed by atoms with E-state index in [1.165, 1.54) is 180 Å². The minimum absolute atomic E-state index is 0.0802. The molecule has 0 aromatic heterocycles. The van der Waals surface area contributed by atoms with Gasteiger partial charge in [0, 0.05) is 6.42 Å². The van der Waals surface area contributed by atoms with Crippen molar-refractivity contribution in [2.24, 2.45) is 0 Å². The zero-order valence-corrected chi connectivity index (χ0v) is 41.1. The Morgan fingerprint density at radius 3 is 1.33 bits per heavy atom. The predicted octanol–water partition coefficient (Wildman–Crippen LogP) is 16.3. The van der Waals surface area contributed by atoms with Crippen LogP contribution in [0.1, 0.15) is 290 Å². The fourth-order valence-corrected chi connectivity index (χ4v) is 8.47. The van der Waals surface area contributed by atoms with E-state index in [1.54, 1.807) is 0 Å². The average molecular weight is 860 g/mol. The van der Waals surface area contributed by atoms with E-state index in [-0.39, 0.29) is 24.9 Å². The number of hydrogen-bond acceptors (Lipinski definition) is 5. The van der Waals surface area contributed by atoms with E-state index in [0.29, 0.717) is 19.3 Å². The van der Waals surface area contributed by atoms with Gasteiger partial charge in [-0.3, -0.25) is 9.59 Å². The van der Waals surface area contributed by atoms with Crippen molar-refractivity contribution in [2.45, 2.75) is 309 Å². The van der Waals surface area contributed by atoms with E-state index >= 15 is 0 Å². The molecule has 3 unspecified atom stereocenters. The second-order valence-corrected chi connectivity index (χ2v) is 18.6. The summed E-state index contributed by atoms with van der Waals surface area (Å²) in [4.78, 5) is 26.2. The number of carbonyl (C=O) groups excluding carboxylic acids is 2. The molecule has 0 rings (SSSR count). The Hall–Kier alpha value is -1.66. The molecule has 360 valence electrons. The van der Waals surface area contributed by atoms with Crippen molar-refractivity contribution in [2.75, 3.05) is 6.61 Å². The Morgan fingerprint density at radius 2 is 0.885 bits per heavy atom. The molecule has 6 nitrogen and oxygen atoms in total. The molecule has 0 spiro atoms. The number of unbranched alkanes of at least 4 members (excludes halogenated alkanes) is 33. The molecule has 0 aliphatic carbocycles. The van der Waals surface area contributed by atoms with Crippen LogP contribution in [0.4, 0.5) is 0 Å². The molecule has 3 N–H and O–H groups in total. The molecule has 0 aliphatic heterocycles. The third-order valence-corrected chi connectivity index (χ3v) is 12.5. The molecule has 0 aromatic rings. The molecular weight excluding hydrogens is 755 g/mol. The standard InChI is InChI=1S/C55H105NO5/c1-4-7-10-13-16-19-22-25-27-29-32-35-38-41-44-47-53(58)52(50-57)56-54(59)49-51(46-43-40-37-34-31-28-24-21-18-15-12-9-6-3)61-55(60)48-45-42-39-36-33-30-26-23-20-17-14-11-8-5-2/h8,11,17,20,51-53,57-58H,4-7,9-10,12-16,18-19,21-50H2,1-3H3,(H,56,59)/b11-8+,20-17+. The number of nitrogens with one attached hydrogen (secondary N) is 1. The maximum absolute atomic E-state index is 13.2. The third-order valence-electron chi connectivity index (χ3n) is 12.5. The zero-order valence-electron chi connectivity index (χ0n) is 41.1. The summed E-state index contributed by atoms with van der Waals surface area (Å²) in [6, 6.07) is -0.698. The van der Waals surface area contributed by atoms with Crippen molar-refractivity contribution in [3.05, 3.63) is 24.3 Å². The Kier molecular flexibility index (Phi) is 48.0. The van der Waals surface area contributed by atoms with Gasteiger partial charge in [-0.25, -0.2) is 0 Å². The number of ether oxygens (including phenoxy) is 1. The van der Waals surface area contributed by atoms with Crippen molar-refractivity contribution in [3.63, 3.8) is 0 Å². The number of amides is 1. The second-order valence-electron chi connectivity index (χ2n) is 18.6. The van der Waals surface area contributed by atoms with Crippen molar-refractivity contribution in [1.82, 2.24) is 5.32 Å². The maximum atomic E-state index is 13.2. The number of aliphatic hydroxyl groups is 2. The molecule has 0 heterocycles. The fraction of sp³-hybridized carbons (Fsp3) is 0.891. The Balaban J connectivity index is 4.51. The van der Waals surface area contributed by atoms with Crippen molar-refractivity contribution in [1.29, 1.82) is 0 Å². The van der Waals surface area contributed by atoms with Gasteiger partial charge in [0.1, 0.15) is 6.10 Å². The summed E-state index contributed by atoms with van der Waals surface area (Å²) < 4.78 is 5.94. The Morgan fingerprint density at radius 1 is 0.492 bits per heavy atom. The van der Waals surface area contributed by atoms with Gasteiger partial charge in [0.15, 0.2) is 0 Å². The van der Waals surface area contributed by atoms with Gasteiger partial charge >= 0.3 is 5.97 Å². The first kappa shape index (κ1) is 59.3. The minimum Gasteiger partial charge on any atom is -0.462 e. The monoisotopic (exact) mass is 860 g/mol. The first-order chi connectivity index (χ1) is 30.0. The zero-order chi connectivity index (χ0) is 44.5. The normalized spacial score (nSPS) is 13.3. The highest BCUT2D eigenvalue weighted by Crippen LogP contribution is 2.19. The van der Waals surface area contributed by atoms with Gasteiger partial charge in [0.05, 0.1) is 25.2 Å². The smallest absolute Gasteiger partial charge is 0.306 e. The van der Waals surface area contributed by atoms with E-state index in [2.05, 4.69) is 50.4 Å². The van der Waals surface area contributed by atoms with Crippen LogP contribution in [0.25, 0.3) is 0 Å². The highest BCUT2D eigenvalue weighted by molar-refractivity contribution is 5.77. The summed E-state index contributed by atoms with van der Waals surface area (Å²) >= 11 is 0. The van der Waals surface area contributed by atoms with Crippen LogP contribution in [0.3, 0.4) is 0 Å².